The van der Waals surface area contributed by atoms with E-state index in [2.05, 4.69) is 29.4 Å². The Labute approximate surface area is 125 Å². The van der Waals surface area contributed by atoms with E-state index in [9.17, 15) is 4.79 Å². The number of hydrogen-bond donors (Lipinski definition) is 2. The number of benzene rings is 1. The van der Waals surface area contributed by atoms with Crippen molar-refractivity contribution in [3.63, 3.8) is 0 Å². The fraction of sp³-hybridized carbons (Fsp3) is 0.294. The van der Waals surface area contributed by atoms with Crippen LogP contribution in [0.4, 0.5) is 5.69 Å². The van der Waals surface area contributed by atoms with E-state index >= 15 is 0 Å². The van der Waals surface area contributed by atoms with Crippen LogP contribution in [0.15, 0.2) is 42.6 Å². The molecule has 4 heteroatoms. The van der Waals surface area contributed by atoms with Crippen LogP contribution in [0, 0.1) is 0 Å². The third-order valence-electron chi connectivity index (χ3n) is 3.32. The molecule has 4 nitrogen and oxygen atoms in total. The van der Waals surface area contributed by atoms with Crippen LogP contribution in [-0.4, -0.2) is 10.9 Å². The number of aromatic nitrogens is 1. The number of rotatable bonds is 6. The third kappa shape index (κ3) is 4.39. The number of carbonyl (C=O) groups is 1. The van der Waals surface area contributed by atoms with Gasteiger partial charge in [0.25, 0.3) is 5.91 Å². The van der Waals surface area contributed by atoms with E-state index in [1.165, 1.54) is 18.4 Å². The molecule has 1 heterocycles. The molecule has 0 bridgehead atoms. The summed E-state index contributed by atoms with van der Waals surface area (Å²) in [5.41, 5.74) is 8.90. The average molecular weight is 283 g/mol. The van der Waals surface area contributed by atoms with Gasteiger partial charge in [-0.05, 0) is 42.7 Å². The smallest absolute Gasteiger partial charge is 0.255 e. The zero-order valence-corrected chi connectivity index (χ0v) is 12.3. The largest absolute Gasteiger partial charge is 0.325 e. The molecule has 0 saturated heterocycles. The van der Waals surface area contributed by atoms with Crippen molar-refractivity contribution < 1.29 is 4.79 Å². The summed E-state index contributed by atoms with van der Waals surface area (Å²) in [6.07, 6.45) is 5.05. The summed E-state index contributed by atoms with van der Waals surface area (Å²) in [6.45, 7) is 2.51. The van der Waals surface area contributed by atoms with Crippen molar-refractivity contribution in [2.45, 2.75) is 32.7 Å². The predicted molar refractivity (Wildman–Crippen MR) is 85.1 cm³/mol. The molecule has 1 aromatic heterocycles. The first-order valence-corrected chi connectivity index (χ1v) is 7.28. The fourth-order valence-electron chi connectivity index (χ4n) is 2.07. The quantitative estimate of drug-likeness (QED) is 0.855. The molecule has 1 amide bonds. The number of pyridine rings is 1. The lowest BCUT2D eigenvalue weighted by Gasteiger charge is -2.07. The molecular weight excluding hydrogens is 262 g/mol. The third-order valence-corrected chi connectivity index (χ3v) is 3.32. The topological polar surface area (TPSA) is 68.0 Å². The lowest BCUT2D eigenvalue weighted by atomic mass is 10.1. The molecule has 3 N–H and O–H groups in total. The summed E-state index contributed by atoms with van der Waals surface area (Å²) >= 11 is 0. The molecule has 0 fully saturated rings. The number of aryl methyl sites for hydroxylation is 1. The van der Waals surface area contributed by atoms with Crippen molar-refractivity contribution in [2.24, 2.45) is 5.73 Å². The number of carbonyl (C=O) groups excluding carboxylic acids is 1. The van der Waals surface area contributed by atoms with Crippen LogP contribution in [0.25, 0.3) is 0 Å². The minimum Gasteiger partial charge on any atom is -0.325 e. The van der Waals surface area contributed by atoms with Crippen molar-refractivity contribution in [3.8, 4) is 0 Å². The molecule has 0 aliphatic carbocycles. The number of unbranched alkanes of at least 4 members (excludes halogenated alkanes) is 1. The zero-order chi connectivity index (χ0) is 15.1. The van der Waals surface area contributed by atoms with Crippen LogP contribution in [-0.2, 0) is 13.0 Å². The van der Waals surface area contributed by atoms with E-state index < -0.39 is 0 Å². The standard InChI is InChI=1S/C17H21N3O/c1-2-3-4-13-5-7-15(8-6-13)20-17(21)14-9-10-19-16(11-14)12-18/h5-11H,2-4,12,18H2,1H3,(H,20,21). The molecule has 0 aliphatic rings. The van der Waals surface area contributed by atoms with Gasteiger partial charge in [0.15, 0.2) is 0 Å². The zero-order valence-electron chi connectivity index (χ0n) is 12.3. The predicted octanol–water partition coefficient (Wildman–Crippen LogP) is 3.14. The first-order chi connectivity index (χ1) is 10.2. The molecule has 2 rings (SSSR count). The maximum atomic E-state index is 12.2. The molecule has 110 valence electrons. The van der Waals surface area contributed by atoms with E-state index in [4.69, 9.17) is 5.73 Å². The number of amides is 1. The van der Waals surface area contributed by atoms with Gasteiger partial charge in [0.2, 0.25) is 0 Å². The highest BCUT2D eigenvalue weighted by Crippen LogP contribution is 2.13. The SMILES string of the molecule is CCCCc1ccc(NC(=O)c2ccnc(CN)c2)cc1. The van der Waals surface area contributed by atoms with E-state index in [-0.39, 0.29) is 5.91 Å². The molecule has 0 atom stereocenters. The van der Waals surface area contributed by atoms with Crippen LogP contribution < -0.4 is 11.1 Å². The second-order valence-corrected chi connectivity index (χ2v) is 4.99. The normalized spacial score (nSPS) is 10.4. The number of nitrogens with two attached hydrogens (primary N) is 1. The first-order valence-electron chi connectivity index (χ1n) is 7.28. The van der Waals surface area contributed by atoms with Gasteiger partial charge in [-0.15, -0.1) is 0 Å². The Balaban J connectivity index is 2.01. The molecular formula is C17H21N3O. The van der Waals surface area contributed by atoms with Gasteiger partial charge in [0.1, 0.15) is 0 Å². The number of hydrogen-bond acceptors (Lipinski definition) is 3. The van der Waals surface area contributed by atoms with Crippen LogP contribution >= 0.6 is 0 Å². The molecule has 21 heavy (non-hydrogen) atoms. The Bertz CT molecular complexity index is 593. The van der Waals surface area contributed by atoms with E-state index in [1.807, 2.05) is 12.1 Å². The van der Waals surface area contributed by atoms with Crippen molar-refractivity contribution >= 4 is 11.6 Å². The van der Waals surface area contributed by atoms with E-state index in [1.54, 1.807) is 18.3 Å². The summed E-state index contributed by atoms with van der Waals surface area (Å²) in [5, 5.41) is 2.89. The van der Waals surface area contributed by atoms with Crippen LogP contribution in [0.3, 0.4) is 0 Å². The number of nitrogens with one attached hydrogen (secondary N) is 1. The fourth-order valence-corrected chi connectivity index (χ4v) is 2.07. The second kappa shape index (κ2) is 7.55. The van der Waals surface area contributed by atoms with Crippen molar-refractivity contribution in [3.05, 3.63) is 59.4 Å². The summed E-state index contributed by atoms with van der Waals surface area (Å²) < 4.78 is 0. The molecule has 0 aliphatic heterocycles. The lowest BCUT2D eigenvalue weighted by molar-refractivity contribution is 0.102. The summed E-state index contributed by atoms with van der Waals surface area (Å²) in [6, 6.07) is 11.4. The Hall–Kier alpha value is -2.20. The molecule has 1 aromatic carbocycles. The van der Waals surface area contributed by atoms with E-state index in [0.29, 0.717) is 17.8 Å². The van der Waals surface area contributed by atoms with Crippen LogP contribution in [0.2, 0.25) is 0 Å². The molecule has 2 aromatic rings. The second-order valence-electron chi connectivity index (χ2n) is 4.99. The summed E-state index contributed by atoms with van der Waals surface area (Å²) in [5.74, 6) is -0.145. The number of nitrogens with zero attached hydrogens (tertiary/aromatic N) is 1. The maximum Gasteiger partial charge on any atom is 0.255 e. The van der Waals surface area contributed by atoms with Crippen molar-refractivity contribution in [1.82, 2.24) is 4.98 Å². The van der Waals surface area contributed by atoms with Gasteiger partial charge in [0.05, 0.1) is 5.69 Å². The van der Waals surface area contributed by atoms with Gasteiger partial charge in [0, 0.05) is 24.0 Å². The van der Waals surface area contributed by atoms with Gasteiger partial charge < -0.3 is 11.1 Å². The highest BCUT2D eigenvalue weighted by atomic mass is 16.1. The first kappa shape index (κ1) is 15.2. The Kier molecular flexibility index (Phi) is 5.46. The average Bonchev–Trinajstić information content (AvgIpc) is 2.54. The molecule has 0 radical (unpaired) electrons. The van der Waals surface area contributed by atoms with Gasteiger partial charge in [-0.2, -0.15) is 0 Å². The highest BCUT2D eigenvalue weighted by molar-refractivity contribution is 6.04. The molecule has 0 saturated carbocycles. The molecule has 0 unspecified atom stereocenters. The van der Waals surface area contributed by atoms with Crippen molar-refractivity contribution in [1.29, 1.82) is 0 Å². The summed E-state index contributed by atoms with van der Waals surface area (Å²) in [7, 11) is 0. The van der Waals surface area contributed by atoms with Gasteiger partial charge in [-0.3, -0.25) is 9.78 Å². The minimum absolute atomic E-state index is 0.145. The maximum absolute atomic E-state index is 12.2. The monoisotopic (exact) mass is 283 g/mol. The Morgan fingerprint density at radius 3 is 2.67 bits per heavy atom. The van der Waals surface area contributed by atoms with Gasteiger partial charge in [-0.1, -0.05) is 25.5 Å². The minimum atomic E-state index is -0.145. The van der Waals surface area contributed by atoms with Crippen LogP contribution in [0.5, 0.6) is 0 Å². The van der Waals surface area contributed by atoms with Gasteiger partial charge >= 0.3 is 0 Å². The molecule has 0 spiro atoms. The van der Waals surface area contributed by atoms with Gasteiger partial charge in [-0.25, -0.2) is 0 Å². The number of anilines is 1. The Morgan fingerprint density at radius 2 is 2.00 bits per heavy atom. The summed E-state index contributed by atoms with van der Waals surface area (Å²) in [4.78, 5) is 16.2. The highest BCUT2D eigenvalue weighted by Gasteiger charge is 2.07. The van der Waals surface area contributed by atoms with E-state index in [0.717, 1.165) is 12.1 Å². The Morgan fingerprint density at radius 1 is 1.24 bits per heavy atom. The lowest BCUT2D eigenvalue weighted by Crippen LogP contribution is -2.13. The van der Waals surface area contributed by atoms with Crippen molar-refractivity contribution in [2.75, 3.05) is 5.32 Å². The van der Waals surface area contributed by atoms with Crippen LogP contribution in [0.1, 0.15) is 41.4 Å².